The van der Waals surface area contributed by atoms with E-state index in [0.717, 1.165) is 25.3 Å². The van der Waals surface area contributed by atoms with E-state index in [9.17, 15) is 0 Å². The van der Waals surface area contributed by atoms with Crippen LogP contribution in [-0.4, -0.2) is 53.6 Å². The highest BCUT2D eigenvalue weighted by atomic mass is 16.5. The Labute approximate surface area is 113 Å². The smallest absolute Gasteiger partial charge is 0.234 e. The van der Waals surface area contributed by atoms with Crippen LogP contribution in [0.1, 0.15) is 20.3 Å². The van der Waals surface area contributed by atoms with Gasteiger partial charge in [-0.25, -0.2) is 0 Å². The second kappa shape index (κ2) is 6.16. The van der Waals surface area contributed by atoms with E-state index in [2.05, 4.69) is 28.7 Å². The molecule has 6 heteroatoms. The molecule has 0 saturated carbocycles. The van der Waals surface area contributed by atoms with Crippen LogP contribution in [0, 0.1) is 0 Å². The fraction of sp³-hybridized carbons (Fsp3) is 0.692. The van der Waals surface area contributed by atoms with Gasteiger partial charge in [-0.2, -0.15) is 4.98 Å². The fourth-order valence-electron chi connectivity index (χ4n) is 2.05. The maximum absolute atomic E-state index is 8.75. The molecule has 1 fully saturated rings. The fourth-order valence-corrected chi connectivity index (χ4v) is 2.05. The summed E-state index contributed by atoms with van der Waals surface area (Å²) >= 11 is 0. The van der Waals surface area contributed by atoms with Crippen LogP contribution in [0.3, 0.4) is 0 Å². The lowest BCUT2D eigenvalue weighted by Gasteiger charge is -2.40. The Balaban J connectivity index is 2.08. The largest absolute Gasteiger partial charge is 0.474 e. The van der Waals surface area contributed by atoms with Gasteiger partial charge in [0.15, 0.2) is 5.82 Å². The minimum atomic E-state index is -0.137. The van der Waals surface area contributed by atoms with Crippen molar-refractivity contribution in [2.75, 3.05) is 37.8 Å². The van der Waals surface area contributed by atoms with Crippen LogP contribution < -0.4 is 9.64 Å². The zero-order valence-electron chi connectivity index (χ0n) is 11.5. The van der Waals surface area contributed by atoms with E-state index in [1.165, 1.54) is 0 Å². The Bertz CT molecular complexity index is 416. The average molecular weight is 267 g/mol. The van der Waals surface area contributed by atoms with Gasteiger partial charge in [0, 0.05) is 13.1 Å². The van der Waals surface area contributed by atoms with Crippen LogP contribution in [0.2, 0.25) is 0 Å². The van der Waals surface area contributed by atoms with E-state index >= 15 is 0 Å². The van der Waals surface area contributed by atoms with Crippen molar-refractivity contribution in [2.24, 2.45) is 0 Å². The SMILES string of the molecule is CCC1(C)CN(c2cncc(OCCO)n2)CCO1. The Hall–Kier alpha value is -1.40. The number of aliphatic hydroxyl groups excluding tert-OH is 1. The van der Waals surface area contributed by atoms with Gasteiger partial charge < -0.3 is 19.5 Å². The molecule has 0 amide bonds. The van der Waals surface area contributed by atoms with E-state index in [-0.39, 0.29) is 18.8 Å². The van der Waals surface area contributed by atoms with Crippen molar-refractivity contribution in [3.63, 3.8) is 0 Å². The predicted molar refractivity (Wildman–Crippen MR) is 71.5 cm³/mol. The van der Waals surface area contributed by atoms with E-state index < -0.39 is 0 Å². The lowest BCUT2D eigenvalue weighted by Crippen LogP contribution is -2.50. The highest BCUT2D eigenvalue weighted by Gasteiger charge is 2.31. The Kier molecular flexibility index (Phi) is 4.55. The first kappa shape index (κ1) is 14.0. The molecule has 0 aliphatic carbocycles. The summed E-state index contributed by atoms with van der Waals surface area (Å²) in [7, 11) is 0. The molecule has 2 heterocycles. The second-order valence-corrected chi connectivity index (χ2v) is 4.86. The molecular formula is C13H21N3O3. The molecule has 1 aromatic heterocycles. The van der Waals surface area contributed by atoms with Gasteiger partial charge in [-0.1, -0.05) is 6.92 Å². The quantitative estimate of drug-likeness (QED) is 0.853. The zero-order chi connectivity index (χ0) is 13.7. The lowest BCUT2D eigenvalue weighted by atomic mass is 10.0. The Morgan fingerprint density at radius 2 is 2.37 bits per heavy atom. The monoisotopic (exact) mass is 267 g/mol. The van der Waals surface area contributed by atoms with Gasteiger partial charge in [0.25, 0.3) is 0 Å². The molecule has 0 spiro atoms. The summed E-state index contributed by atoms with van der Waals surface area (Å²) in [6, 6.07) is 0. The molecule has 1 saturated heterocycles. The van der Waals surface area contributed by atoms with Crippen LogP contribution in [-0.2, 0) is 4.74 Å². The third kappa shape index (κ3) is 3.54. The van der Waals surface area contributed by atoms with Crippen molar-refractivity contribution in [3.05, 3.63) is 12.4 Å². The van der Waals surface area contributed by atoms with Gasteiger partial charge >= 0.3 is 0 Å². The molecule has 0 aromatic carbocycles. The van der Waals surface area contributed by atoms with E-state index in [4.69, 9.17) is 14.6 Å². The van der Waals surface area contributed by atoms with Gasteiger partial charge in [0.1, 0.15) is 6.61 Å². The standard InChI is InChI=1S/C13H21N3O3/c1-3-13(2)10-16(4-6-19-13)11-8-14-9-12(15-11)18-7-5-17/h8-9,17H,3-7,10H2,1-2H3. The van der Waals surface area contributed by atoms with Gasteiger partial charge in [-0.05, 0) is 13.3 Å². The Morgan fingerprint density at radius 1 is 1.53 bits per heavy atom. The number of aromatic nitrogens is 2. The molecule has 1 N–H and O–H groups in total. The minimum Gasteiger partial charge on any atom is -0.474 e. The Morgan fingerprint density at radius 3 is 3.11 bits per heavy atom. The van der Waals surface area contributed by atoms with Crippen molar-refractivity contribution < 1.29 is 14.6 Å². The van der Waals surface area contributed by atoms with Crippen LogP contribution in [0.4, 0.5) is 5.82 Å². The number of hydrogen-bond acceptors (Lipinski definition) is 6. The van der Waals surface area contributed by atoms with Crippen molar-refractivity contribution >= 4 is 5.82 Å². The number of ether oxygens (including phenoxy) is 2. The zero-order valence-corrected chi connectivity index (χ0v) is 11.5. The molecule has 106 valence electrons. The summed E-state index contributed by atoms with van der Waals surface area (Å²) in [5.41, 5.74) is -0.137. The van der Waals surface area contributed by atoms with E-state index in [0.29, 0.717) is 12.5 Å². The van der Waals surface area contributed by atoms with Crippen LogP contribution in [0.5, 0.6) is 5.88 Å². The van der Waals surface area contributed by atoms with Gasteiger partial charge in [-0.3, -0.25) is 4.98 Å². The predicted octanol–water partition coefficient (Wildman–Crippen LogP) is 0.853. The van der Waals surface area contributed by atoms with Gasteiger partial charge in [0.05, 0.1) is 31.2 Å². The molecule has 1 aromatic rings. The first-order chi connectivity index (χ1) is 9.17. The lowest BCUT2D eigenvalue weighted by molar-refractivity contribution is -0.0443. The maximum Gasteiger partial charge on any atom is 0.234 e. The molecule has 1 unspecified atom stereocenters. The molecule has 2 rings (SSSR count). The molecule has 0 radical (unpaired) electrons. The first-order valence-electron chi connectivity index (χ1n) is 6.61. The highest BCUT2D eigenvalue weighted by molar-refractivity contribution is 5.38. The molecule has 19 heavy (non-hydrogen) atoms. The molecular weight excluding hydrogens is 246 g/mol. The van der Waals surface area contributed by atoms with Crippen molar-refractivity contribution in [3.8, 4) is 5.88 Å². The number of aliphatic hydroxyl groups is 1. The summed E-state index contributed by atoms with van der Waals surface area (Å²) in [5, 5.41) is 8.75. The number of nitrogens with zero attached hydrogens (tertiary/aromatic N) is 3. The normalized spacial score (nSPS) is 23.4. The van der Waals surface area contributed by atoms with Crippen molar-refractivity contribution in [1.29, 1.82) is 0 Å². The first-order valence-corrected chi connectivity index (χ1v) is 6.61. The summed E-state index contributed by atoms with van der Waals surface area (Å²) < 4.78 is 11.1. The summed E-state index contributed by atoms with van der Waals surface area (Å²) in [6.07, 6.45) is 4.24. The van der Waals surface area contributed by atoms with Gasteiger partial charge in [-0.15, -0.1) is 0 Å². The molecule has 1 aliphatic rings. The number of anilines is 1. The maximum atomic E-state index is 8.75. The molecule has 0 bridgehead atoms. The number of rotatable bonds is 5. The third-order valence-corrected chi connectivity index (χ3v) is 3.35. The molecule has 6 nitrogen and oxygen atoms in total. The van der Waals surface area contributed by atoms with E-state index in [1.54, 1.807) is 12.4 Å². The van der Waals surface area contributed by atoms with Crippen LogP contribution in [0.25, 0.3) is 0 Å². The van der Waals surface area contributed by atoms with Crippen LogP contribution >= 0.6 is 0 Å². The molecule has 1 atom stereocenters. The van der Waals surface area contributed by atoms with Gasteiger partial charge in [0.2, 0.25) is 5.88 Å². The van der Waals surface area contributed by atoms with E-state index in [1.807, 2.05) is 0 Å². The van der Waals surface area contributed by atoms with Crippen molar-refractivity contribution in [1.82, 2.24) is 9.97 Å². The van der Waals surface area contributed by atoms with Crippen LogP contribution in [0.15, 0.2) is 12.4 Å². The number of morpholine rings is 1. The topological polar surface area (TPSA) is 67.7 Å². The highest BCUT2D eigenvalue weighted by Crippen LogP contribution is 2.24. The summed E-state index contributed by atoms with van der Waals surface area (Å²) in [4.78, 5) is 10.7. The second-order valence-electron chi connectivity index (χ2n) is 4.86. The summed E-state index contributed by atoms with van der Waals surface area (Å²) in [6.45, 7) is 6.71. The van der Waals surface area contributed by atoms with Crippen molar-refractivity contribution in [2.45, 2.75) is 25.9 Å². The summed E-state index contributed by atoms with van der Waals surface area (Å²) in [5.74, 6) is 1.23. The third-order valence-electron chi connectivity index (χ3n) is 3.35. The molecule has 1 aliphatic heterocycles. The minimum absolute atomic E-state index is 0.0304. The number of hydrogen-bond donors (Lipinski definition) is 1. The average Bonchev–Trinajstić information content (AvgIpc) is 2.45.